The first kappa shape index (κ1) is 29.3. The van der Waals surface area contributed by atoms with Crippen LogP contribution >= 0.6 is 0 Å². The summed E-state index contributed by atoms with van der Waals surface area (Å²) in [4.78, 5) is 32.0. The quantitative estimate of drug-likeness (QED) is 0.482. The summed E-state index contributed by atoms with van der Waals surface area (Å²) in [5, 5.41) is 0. The van der Waals surface area contributed by atoms with E-state index in [1.54, 1.807) is 0 Å². The average molecular weight is 286 g/mol. The van der Waals surface area contributed by atoms with Crippen molar-refractivity contribution in [2.24, 2.45) is 0 Å². The van der Waals surface area contributed by atoms with E-state index in [2.05, 4.69) is 12.2 Å². The Hall–Kier alpha value is -1.22. The summed E-state index contributed by atoms with van der Waals surface area (Å²) in [6.07, 6.45) is 10.0. The molecule has 0 aromatic rings. The molecule has 0 unspecified atom stereocenters. The second-order valence-electron chi connectivity index (χ2n) is 1.00. The third-order valence-corrected chi connectivity index (χ3v) is 0.586. The Morgan fingerprint density at radius 3 is 1.29 bits per heavy atom. The summed E-state index contributed by atoms with van der Waals surface area (Å²) >= 11 is 0. The van der Waals surface area contributed by atoms with E-state index >= 15 is 0 Å². The predicted molar refractivity (Wildman–Crippen MR) is 50.1 cm³/mol. The summed E-state index contributed by atoms with van der Waals surface area (Å²) in [5.41, 5.74) is 0. The van der Waals surface area contributed by atoms with Gasteiger partial charge in [0.25, 0.3) is 0 Å². The molecule has 0 aromatic heterocycles. The van der Waals surface area contributed by atoms with E-state index in [0.29, 0.717) is 0 Å². The molecule has 81 valence electrons. The number of rotatable bonds is 0. The minimum Gasteiger partial charge on any atom is -0.307 e. The van der Waals surface area contributed by atoms with Gasteiger partial charge in [0.05, 0.1) is 0 Å². The first-order valence-corrected chi connectivity index (χ1v) is 2.87. The van der Waals surface area contributed by atoms with Gasteiger partial charge in [0, 0.05) is 0 Å². The molecular formula is C9H13O4Ru. The van der Waals surface area contributed by atoms with Crippen molar-refractivity contribution in [2.45, 2.75) is 6.42 Å². The minimum atomic E-state index is 0. The van der Waals surface area contributed by atoms with E-state index in [1.165, 1.54) is 0 Å². The van der Waals surface area contributed by atoms with Crippen LogP contribution in [0.15, 0.2) is 18.2 Å². The molecule has 0 heterocycles. The second kappa shape index (κ2) is 95.7. The van der Waals surface area contributed by atoms with Crippen LogP contribution in [0, 0.1) is 6.08 Å². The smallest absolute Gasteiger partial charge is 0.307 e. The molecule has 0 bridgehead atoms. The standard InChI is InChI=1S/C5H5.4CH2O.Ru/c1-2-4-5-3-1;4*1-2;/h1-3H,4H2;4*1H2;/q-1;;;;;+1. The Balaban J connectivity index is -0.0000000267. The topological polar surface area (TPSA) is 68.3 Å². The summed E-state index contributed by atoms with van der Waals surface area (Å²) in [6.45, 7) is 8.00. The van der Waals surface area contributed by atoms with Crippen LogP contribution in [0.2, 0.25) is 0 Å². The predicted octanol–water partition coefficient (Wildman–Crippen LogP) is 0.564. The van der Waals surface area contributed by atoms with Gasteiger partial charge in [0.1, 0.15) is 27.2 Å². The van der Waals surface area contributed by atoms with Crippen LogP contribution in [0.3, 0.4) is 0 Å². The number of hydrogen-bond acceptors (Lipinski definition) is 4. The van der Waals surface area contributed by atoms with Crippen LogP contribution in [0.1, 0.15) is 6.42 Å². The molecule has 0 fully saturated rings. The van der Waals surface area contributed by atoms with E-state index in [0.717, 1.165) is 6.42 Å². The van der Waals surface area contributed by atoms with Crippen molar-refractivity contribution in [3.63, 3.8) is 0 Å². The molecule has 1 radical (unpaired) electrons. The maximum Gasteiger partial charge on any atom is 1.00 e. The van der Waals surface area contributed by atoms with Gasteiger partial charge in [0.15, 0.2) is 0 Å². The number of carbonyl (C=O) groups is 4. The van der Waals surface area contributed by atoms with E-state index < -0.39 is 0 Å². The van der Waals surface area contributed by atoms with Crippen molar-refractivity contribution in [3.05, 3.63) is 24.3 Å². The van der Waals surface area contributed by atoms with E-state index in [4.69, 9.17) is 19.2 Å². The maximum atomic E-state index is 8.00. The average Bonchev–Trinajstić information content (AvgIpc) is 2.87. The molecule has 5 heteroatoms. The van der Waals surface area contributed by atoms with Gasteiger partial charge in [0.2, 0.25) is 0 Å². The molecule has 4 nitrogen and oxygen atoms in total. The monoisotopic (exact) mass is 287 g/mol. The molecular weight excluding hydrogens is 273 g/mol. The zero-order chi connectivity index (χ0) is 11.5. The van der Waals surface area contributed by atoms with Gasteiger partial charge in [-0.3, -0.25) is 6.08 Å². The third-order valence-electron chi connectivity index (χ3n) is 0.586. The summed E-state index contributed by atoms with van der Waals surface area (Å²) in [7, 11) is 0. The van der Waals surface area contributed by atoms with Crippen LogP contribution in [-0.4, -0.2) is 27.2 Å². The number of hydrogen-bond donors (Lipinski definition) is 0. The van der Waals surface area contributed by atoms with Crippen LogP contribution in [0.4, 0.5) is 0 Å². The molecule has 0 spiro atoms. The van der Waals surface area contributed by atoms with Crippen molar-refractivity contribution >= 4 is 27.2 Å². The van der Waals surface area contributed by atoms with Crippen molar-refractivity contribution in [1.29, 1.82) is 0 Å². The minimum absolute atomic E-state index is 0. The van der Waals surface area contributed by atoms with Crippen molar-refractivity contribution < 1.29 is 38.7 Å². The van der Waals surface area contributed by atoms with Crippen LogP contribution < -0.4 is 0 Å². The SMILES string of the molecule is C=O.C=O.C=O.C=O.[C-]1=CC=CC1.[Ru+]. The van der Waals surface area contributed by atoms with Gasteiger partial charge in [-0.2, -0.15) is 6.08 Å². The number of carbonyl (C=O) groups excluding carboxylic acids is 4. The van der Waals surface area contributed by atoms with Gasteiger partial charge >= 0.3 is 19.5 Å². The van der Waals surface area contributed by atoms with Crippen molar-refractivity contribution in [3.8, 4) is 0 Å². The van der Waals surface area contributed by atoms with E-state index in [1.807, 2.05) is 39.3 Å². The molecule has 14 heavy (non-hydrogen) atoms. The zero-order valence-corrected chi connectivity index (χ0v) is 9.49. The Labute approximate surface area is 96.8 Å². The fourth-order valence-electron chi connectivity index (χ4n) is 0.340. The second-order valence-corrected chi connectivity index (χ2v) is 1.00. The van der Waals surface area contributed by atoms with Crippen molar-refractivity contribution in [2.75, 3.05) is 0 Å². The Kier molecular flexibility index (Phi) is 200. The molecule has 0 saturated carbocycles. The summed E-state index contributed by atoms with van der Waals surface area (Å²) in [6, 6.07) is 0. The molecule has 1 aliphatic rings. The van der Waals surface area contributed by atoms with Gasteiger partial charge in [-0.05, 0) is 0 Å². The van der Waals surface area contributed by atoms with Gasteiger partial charge in [-0.25, -0.2) is 12.2 Å². The maximum absolute atomic E-state index is 8.00. The van der Waals surface area contributed by atoms with E-state index in [-0.39, 0.29) is 19.5 Å². The zero-order valence-electron chi connectivity index (χ0n) is 7.75. The van der Waals surface area contributed by atoms with Crippen LogP contribution in [0.5, 0.6) is 0 Å². The normalized spacial score (nSPS) is 7.43. The fourth-order valence-corrected chi connectivity index (χ4v) is 0.340. The van der Waals surface area contributed by atoms with Gasteiger partial charge < -0.3 is 19.2 Å². The molecule has 0 saturated heterocycles. The van der Waals surface area contributed by atoms with Crippen molar-refractivity contribution in [1.82, 2.24) is 0 Å². The van der Waals surface area contributed by atoms with Crippen LogP contribution in [0.25, 0.3) is 0 Å². The number of allylic oxidation sites excluding steroid dienone is 4. The first-order chi connectivity index (χ1) is 6.50. The molecule has 0 aromatic carbocycles. The van der Waals surface area contributed by atoms with Gasteiger partial charge in [-0.15, -0.1) is 6.42 Å². The molecule has 0 aliphatic heterocycles. The molecule has 0 amide bonds. The fraction of sp³-hybridized carbons (Fsp3) is 0.111. The summed E-state index contributed by atoms with van der Waals surface area (Å²) in [5.74, 6) is 0. The largest absolute Gasteiger partial charge is 1.00 e. The van der Waals surface area contributed by atoms with E-state index in [9.17, 15) is 0 Å². The Morgan fingerprint density at radius 2 is 1.21 bits per heavy atom. The Bertz CT molecular complexity index is 108. The first-order valence-electron chi connectivity index (χ1n) is 2.87. The Morgan fingerprint density at radius 1 is 0.857 bits per heavy atom. The third kappa shape index (κ3) is 72.1. The summed E-state index contributed by atoms with van der Waals surface area (Å²) < 4.78 is 0. The molecule has 1 aliphatic carbocycles. The molecule has 0 atom stereocenters. The van der Waals surface area contributed by atoms with Gasteiger partial charge in [-0.1, -0.05) is 0 Å². The molecule has 0 N–H and O–H groups in total. The van der Waals surface area contributed by atoms with Crippen LogP contribution in [-0.2, 0) is 38.7 Å². The molecule has 1 rings (SSSR count).